The summed E-state index contributed by atoms with van der Waals surface area (Å²) in [5, 5.41) is 3.04. The number of carbonyl (C=O) groups excluding carboxylic acids is 1. The molecule has 0 unspecified atom stereocenters. The molecular weight excluding hydrogens is 367 g/mol. The lowest BCUT2D eigenvalue weighted by atomic mass is 10.1. The number of nitrogens with one attached hydrogen (secondary N) is 2. The van der Waals surface area contributed by atoms with Gasteiger partial charge in [-0.15, -0.1) is 0 Å². The summed E-state index contributed by atoms with van der Waals surface area (Å²) in [5.74, 6) is -0.626. The first-order valence-electron chi connectivity index (χ1n) is 9.13. The predicted octanol–water partition coefficient (Wildman–Crippen LogP) is 4.08. The maximum Gasteiger partial charge on any atom is 0.261 e. The third-order valence-electron chi connectivity index (χ3n) is 4.71. The van der Waals surface area contributed by atoms with Gasteiger partial charge in [-0.05, 0) is 61.4 Å². The molecule has 0 aromatic heterocycles. The first kappa shape index (κ1) is 19.4. The van der Waals surface area contributed by atoms with E-state index in [0.29, 0.717) is 5.56 Å². The summed E-state index contributed by atoms with van der Waals surface area (Å²) < 4.78 is 40.2. The van der Waals surface area contributed by atoms with E-state index in [1.165, 1.54) is 61.4 Å². The molecule has 1 fully saturated rings. The van der Waals surface area contributed by atoms with Crippen LogP contribution in [-0.4, -0.2) is 20.4 Å². The van der Waals surface area contributed by atoms with E-state index in [4.69, 9.17) is 0 Å². The lowest BCUT2D eigenvalue weighted by Gasteiger charge is -2.16. The molecule has 0 atom stereocenters. The van der Waals surface area contributed by atoms with Gasteiger partial charge in [0.15, 0.2) is 0 Å². The standard InChI is InChI=1S/C20H23FN2O3S/c21-16-9-11-18(12-10-16)23-27(25,26)19-13-7-15(8-14-19)20(24)22-17-5-3-1-2-4-6-17/h7-14,17,23H,1-6H2,(H,22,24). The van der Waals surface area contributed by atoms with Crippen LogP contribution in [0.2, 0.25) is 0 Å². The van der Waals surface area contributed by atoms with Gasteiger partial charge in [0.1, 0.15) is 5.82 Å². The van der Waals surface area contributed by atoms with Crippen LogP contribution in [0.3, 0.4) is 0 Å². The fraction of sp³-hybridized carbons (Fsp3) is 0.350. The van der Waals surface area contributed by atoms with Crippen molar-refractivity contribution in [2.75, 3.05) is 4.72 Å². The van der Waals surface area contributed by atoms with Crippen molar-refractivity contribution < 1.29 is 17.6 Å². The number of hydrogen-bond donors (Lipinski definition) is 2. The molecule has 0 heterocycles. The van der Waals surface area contributed by atoms with Gasteiger partial charge in [-0.1, -0.05) is 25.7 Å². The van der Waals surface area contributed by atoms with Gasteiger partial charge in [0.05, 0.1) is 4.90 Å². The van der Waals surface area contributed by atoms with Crippen LogP contribution >= 0.6 is 0 Å². The number of sulfonamides is 1. The van der Waals surface area contributed by atoms with Crippen LogP contribution < -0.4 is 10.0 Å². The first-order valence-corrected chi connectivity index (χ1v) is 10.6. The summed E-state index contributed by atoms with van der Waals surface area (Å²) in [6.07, 6.45) is 6.63. The lowest BCUT2D eigenvalue weighted by Crippen LogP contribution is -2.34. The molecule has 3 rings (SSSR count). The summed E-state index contributed by atoms with van der Waals surface area (Å²) in [6, 6.07) is 11.0. The van der Waals surface area contributed by atoms with E-state index in [-0.39, 0.29) is 22.5 Å². The van der Waals surface area contributed by atoms with E-state index in [2.05, 4.69) is 10.0 Å². The molecule has 27 heavy (non-hydrogen) atoms. The average Bonchev–Trinajstić information content (AvgIpc) is 2.92. The Morgan fingerprint density at radius 2 is 1.48 bits per heavy atom. The predicted molar refractivity (Wildman–Crippen MR) is 103 cm³/mol. The third kappa shape index (κ3) is 5.29. The highest BCUT2D eigenvalue weighted by Gasteiger charge is 2.18. The highest BCUT2D eigenvalue weighted by Crippen LogP contribution is 2.19. The topological polar surface area (TPSA) is 75.3 Å². The van der Waals surface area contributed by atoms with E-state index in [1.54, 1.807) is 0 Å². The van der Waals surface area contributed by atoms with Gasteiger partial charge in [-0.25, -0.2) is 12.8 Å². The van der Waals surface area contributed by atoms with Crippen molar-refractivity contribution >= 4 is 21.6 Å². The molecule has 1 saturated carbocycles. The number of rotatable bonds is 5. The first-order chi connectivity index (χ1) is 12.9. The molecule has 0 aliphatic heterocycles. The zero-order valence-corrected chi connectivity index (χ0v) is 15.8. The minimum Gasteiger partial charge on any atom is -0.349 e. The average molecular weight is 390 g/mol. The van der Waals surface area contributed by atoms with E-state index in [1.807, 2.05) is 0 Å². The molecule has 5 nitrogen and oxygen atoms in total. The van der Waals surface area contributed by atoms with Crippen molar-refractivity contribution in [3.8, 4) is 0 Å². The van der Waals surface area contributed by atoms with Gasteiger partial charge < -0.3 is 5.32 Å². The Labute approximate surface area is 159 Å². The molecule has 0 radical (unpaired) electrons. The molecule has 1 amide bonds. The summed E-state index contributed by atoms with van der Waals surface area (Å²) in [6.45, 7) is 0. The largest absolute Gasteiger partial charge is 0.349 e. The quantitative estimate of drug-likeness (QED) is 0.756. The van der Waals surface area contributed by atoms with Crippen LogP contribution in [0, 0.1) is 5.82 Å². The third-order valence-corrected chi connectivity index (χ3v) is 6.11. The van der Waals surface area contributed by atoms with Crippen LogP contribution in [0.4, 0.5) is 10.1 Å². The Bertz CT molecular complexity index is 872. The smallest absolute Gasteiger partial charge is 0.261 e. The molecule has 2 aromatic rings. The van der Waals surface area contributed by atoms with Crippen molar-refractivity contribution in [1.29, 1.82) is 0 Å². The van der Waals surface area contributed by atoms with Gasteiger partial charge in [0.2, 0.25) is 0 Å². The molecule has 2 aromatic carbocycles. The molecule has 0 bridgehead atoms. The van der Waals surface area contributed by atoms with E-state index < -0.39 is 15.8 Å². The van der Waals surface area contributed by atoms with Crippen molar-refractivity contribution in [3.05, 3.63) is 59.9 Å². The number of benzene rings is 2. The Balaban J connectivity index is 1.66. The second-order valence-electron chi connectivity index (χ2n) is 6.80. The van der Waals surface area contributed by atoms with E-state index in [0.717, 1.165) is 25.7 Å². The van der Waals surface area contributed by atoms with Gasteiger partial charge in [0.25, 0.3) is 15.9 Å². The van der Waals surface area contributed by atoms with Crippen LogP contribution in [0.25, 0.3) is 0 Å². The van der Waals surface area contributed by atoms with Crippen LogP contribution in [-0.2, 0) is 10.0 Å². The highest BCUT2D eigenvalue weighted by atomic mass is 32.2. The van der Waals surface area contributed by atoms with Crippen molar-refractivity contribution in [1.82, 2.24) is 5.32 Å². The molecule has 144 valence electrons. The Morgan fingerprint density at radius 3 is 2.07 bits per heavy atom. The minimum atomic E-state index is -3.80. The second kappa shape index (κ2) is 8.52. The molecule has 0 saturated heterocycles. The highest BCUT2D eigenvalue weighted by molar-refractivity contribution is 7.92. The van der Waals surface area contributed by atoms with Gasteiger partial charge in [0, 0.05) is 17.3 Å². The Kier molecular flexibility index (Phi) is 6.11. The second-order valence-corrected chi connectivity index (χ2v) is 8.48. The molecule has 1 aliphatic rings. The lowest BCUT2D eigenvalue weighted by molar-refractivity contribution is 0.0933. The van der Waals surface area contributed by atoms with Crippen molar-refractivity contribution in [3.63, 3.8) is 0 Å². The number of hydrogen-bond acceptors (Lipinski definition) is 3. The van der Waals surface area contributed by atoms with Crippen molar-refractivity contribution in [2.24, 2.45) is 0 Å². The summed E-state index contributed by atoms with van der Waals surface area (Å²) in [7, 11) is -3.80. The fourth-order valence-electron chi connectivity index (χ4n) is 3.21. The summed E-state index contributed by atoms with van der Waals surface area (Å²) in [5.41, 5.74) is 0.701. The molecular formula is C20H23FN2O3S. The minimum absolute atomic E-state index is 0.0397. The molecule has 0 spiro atoms. The number of amides is 1. The summed E-state index contributed by atoms with van der Waals surface area (Å²) >= 11 is 0. The van der Waals surface area contributed by atoms with Crippen LogP contribution in [0.5, 0.6) is 0 Å². The van der Waals surface area contributed by atoms with Gasteiger partial charge in [-0.3, -0.25) is 9.52 Å². The van der Waals surface area contributed by atoms with E-state index in [9.17, 15) is 17.6 Å². The van der Waals surface area contributed by atoms with Gasteiger partial charge in [-0.2, -0.15) is 0 Å². The van der Waals surface area contributed by atoms with Crippen molar-refractivity contribution in [2.45, 2.75) is 49.5 Å². The van der Waals surface area contributed by atoms with Gasteiger partial charge >= 0.3 is 0 Å². The maximum atomic E-state index is 12.9. The maximum absolute atomic E-state index is 12.9. The molecule has 2 N–H and O–H groups in total. The number of halogens is 1. The molecule has 7 heteroatoms. The SMILES string of the molecule is O=C(NC1CCCCCC1)c1ccc(S(=O)(=O)Nc2ccc(F)cc2)cc1. The fourth-order valence-corrected chi connectivity index (χ4v) is 4.27. The number of anilines is 1. The number of carbonyl (C=O) groups is 1. The van der Waals surface area contributed by atoms with Crippen LogP contribution in [0.1, 0.15) is 48.9 Å². The summed E-state index contributed by atoms with van der Waals surface area (Å²) in [4.78, 5) is 12.4. The molecule has 1 aliphatic carbocycles. The zero-order valence-electron chi connectivity index (χ0n) is 14.9. The zero-order chi connectivity index (χ0) is 19.3. The monoisotopic (exact) mass is 390 g/mol. The van der Waals surface area contributed by atoms with Crippen LogP contribution in [0.15, 0.2) is 53.4 Å². The van der Waals surface area contributed by atoms with E-state index >= 15 is 0 Å². The normalized spacial score (nSPS) is 15.7. The Morgan fingerprint density at radius 1 is 0.889 bits per heavy atom. The Hall–Kier alpha value is -2.41.